The van der Waals surface area contributed by atoms with E-state index in [9.17, 15) is 4.79 Å². The molecule has 0 unspecified atom stereocenters. The topological polar surface area (TPSA) is 74.4 Å². The third-order valence-electron chi connectivity index (χ3n) is 4.08. The van der Waals surface area contributed by atoms with Crippen LogP contribution in [-0.4, -0.2) is 20.2 Å². The second-order valence-electron chi connectivity index (χ2n) is 6.52. The van der Waals surface area contributed by atoms with Crippen molar-refractivity contribution in [3.8, 4) is 0 Å². The van der Waals surface area contributed by atoms with Crippen LogP contribution >= 0.6 is 11.3 Å². The lowest BCUT2D eigenvalue weighted by atomic mass is 10.0. The fraction of sp³-hybridized carbons (Fsp3) is 0.278. The minimum absolute atomic E-state index is 0.0329. The summed E-state index contributed by atoms with van der Waals surface area (Å²) in [6, 6.07) is 6.11. The molecule has 0 atom stereocenters. The molecule has 0 fully saturated rings. The van der Waals surface area contributed by atoms with E-state index < -0.39 is 0 Å². The SMILES string of the molecule is CC(C)Cc1csc2nc(Cc3ccc4cn[nH]c4c3)[nH]c(=O)c12. The van der Waals surface area contributed by atoms with Gasteiger partial charge in [-0.15, -0.1) is 11.3 Å². The van der Waals surface area contributed by atoms with Gasteiger partial charge in [-0.2, -0.15) is 5.10 Å². The van der Waals surface area contributed by atoms with Crippen molar-refractivity contribution < 1.29 is 0 Å². The molecule has 4 rings (SSSR count). The summed E-state index contributed by atoms with van der Waals surface area (Å²) in [4.78, 5) is 21.0. The van der Waals surface area contributed by atoms with Crippen molar-refractivity contribution in [2.45, 2.75) is 26.7 Å². The number of hydrogen-bond acceptors (Lipinski definition) is 4. The van der Waals surface area contributed by atoms with Gasteiger partial charge in [0.25, 0.3) is 5.56 Å². The minimum atomic E-state index is -0.0329. The first-order valence-electron chi connectivity index (χ1n) is 8.01. The van der Waals surface area contributed by atoms with Gasteiger partial charge in [0.05, 0.1) is 17.1 Å². The molecular formula is C18H18N4OS. The molecule has 1 aromatic carbocycles. The van der Waals surface area contributed by atoms with Gasteiger partial charge in [-0.05, 0) is 34.9 Å². The number of H-pyrrole nitrogens is 2. The first-order chi connectivity index (χ1) is 11.6. The predicted octanol–water partition coefficient (Wildman–Crippen LogP) is 3.65. The van der Waals surface area contributed by atoms with E-state index in [2.05, 4.69) is 39.4 Å². The molecule has 2 N–H and O–H groups in total. The average molecular weight is 338 g/mol. The fourth-order valence-corrected chi connectivity index (χ4v) is 3.99. The van der Waals surface area contributed by atoms with Gasteiger partial charge in [0.1, 0.15) is 10.7 Å². The van der Waals surface area contributed by atoms with Gasteiger partial charge in [0.15, 0.2) is 0 Å². The predicted molar refractivity (Wildman–Crippen MR) is 97.7 cm³/mol. The van der Waals surface area contributed by atoms with Crippen molar-refractivity contribution in [2.24, 2.45) is 5.92 Å². The monoisotopic (exact) mass is 338 g/mol. The Morgan fingerprint density at radius 3 is 3.00 bits per heavy atom. The Morgan fingerprint density at radius 1 is 1.29 bits per heavy atom. The van der Waals surface area contributed by atoms with E-state index in [1.54, 1.807) is 17.5 Å². The van der Waals surface area contributed by atoms with Crippen molar-refractivity contribution in [2.75, 3.05) is 0 Å². The molecule has 4 aromatic rings. The quantitative estimate of drug-likeness (QED) is 0.596. The number of nitrogens with zero attached hydrogens (tertiary/aromatic N) is 2. The smallest absolute Gasteiger partial charge is 0.259 e. The average Bonchev–Trinajstić information content (AvgIpc) is 3.13. The number of aromatic amines is 2. The lowest BCUT2D eigenvalue weighted by Crippen LogP contribution is -2.12. The van der Waals surface area contributed by atoms with Gasteiger partial charge in [-0.25, -0.2) is 4.98 Å². The van der Waals surface area contributed by atoms with Crippen LogP contribution in [0.15, 0.2) is 34.6 Å². The summed E-state index contributed by atoms with van der Waals surface area (Å²) < 4.78 is 0. The van der Waals surface area contributed by atoms with E-state index in [1.165, 1.54) is 0 Å². The second kappa shape index (κ2) is 5.87. The molecule has 0 saturated carbocycles. The second-order valence-corrected chi connectivity index (χ2v) is 7.38. The molecule has 0 aliphatic heterocycles. The number of thiophene rings is 1. The van der Waals surface area contributed by atoms with E-state index in [-0.39, 0.29) is 5.56 Å². The highest BCUT2D eigenvalue weighted by Crippen LogP contribution is 2.24. The van der Waals surface area contributed by atoms with E-state index in [0.717, 1.165) is 38.7 Å². The molecule has 6 heteroatoms. The molecule has 0 radical (unpaired) electrons. The molecule has 0 amide bonds. The van der Waals surface area contributed by atoms with E-state index >= 15 is 0 Å². The molecule has 5 nitrogen and oxygen atoms in total. The number of benzene rings is 1. The van der Waals surface area contributed by atoms with E-state index in [1.807, 2.05) is 18.2 Å². The van der Waals surface area contributed by atoms with Crippen molar-refractivity contribution in [1.29, 1.82) is 0 Å². The summed E-state index contributed by atoms with van der Waals surface area (Å²) in [6.45, 7) is 4.32. The Labute approximate surface area is 142 Å². The Hall–Kier alpha value is -2.47. The molecule has 0 aliphatic rings. The molecule has 3 aromatic heterocycles. The highest BCUT2D eigenvalue weighted by Gasteiger charge is 2.13. The minimum Gasteiger partial charge on any atom is -0.310 e. The van der Waals surface area contributed by atoms with Gasteiger partial charge >= 0.3 is 0 Å². The van der Waals surface area contributed by atoms with Crippen molar-refractivity contribution in [1.82, 2.24) is 20.2 Å². The third kappa shape index (κ3) is 2.73. The Balaban J connectivity index is 1.70. The van der Waals surface area contributed by atoms with Crippen LogP contribution in [0, 0.1) is 5.92 Å². The summed E-state index contributed by atoms with van der Waals surface area (Å²) in [5, 5.41) is 10.9. The molecule has 122 valence electrons. The Kier molecular flexibility index (Phi) is 3.69. The first-order valence-corrected chi connectivity index (χ1v) is 8.89. The summed E-state index contributed by atoms with van der Waals surface area (Å²) in [5.74, 6) is 1.22. The molecule has 0 spiro atoms. The zero-order valence-electron chi connectivity index (χ0n) is 13.6. The standard InChI is InChI=1S/C18H18N4OS/c1-10(2)5-13-9-24-18-16(13)17(23)20-15(21-18)7-11-3-4-12-8-19-22-14(12)6-11/h3-4,6,8-10H,5,7H2,1-2H3,(H,19,22)(H,20,21,23). The van der Waals surface area contributed by atoms with Crippen LogP contribution < -0.4 is 5.56 Å². The molecular weight excluding hydrogens is 320 g/mol. The van der Waals surface area contributed by atoms with Gasteiger partial charge in [0, 0.05) is 11.8 Å². The van der Waals surface area contributed by atoms with Gasteiger partial charge in [-0.1, -0.05) is 26.0 Å². The van der Waals surface area contributed by atoms with Crippen molar-refractivity contribution in [3.63, 3.8) is 0 Å². The van der Waals surface area contributed by atoms with Crippen LogP contribution in [0.3, 0.4) is 0 Å². The van der Waals surface area contributed by atoms with Crippen molar-refractivity contribution in [3.05, 3.63) is 57.1 Å². The summed E-state index contributed by atoms with van der Waals surface area (Å²) in [6.07, 6.45) is 3.30. The summed E-state index contributed by atoms with van der Waals surface area (Å²) in [7, 11) is 0. The highest BCUT2D eigenvalue weighted by molar-refractivity contribution is 7.16. The maximum Gasteiger partial charge on any atom is 0.259 e. The summed E-state index contributed by atoms with van der Waals surface area (Å²) in [5.41, 5.74) is 3.15. The van der Waals surface area contributed by atoms with Crippen LogP contribution in [0.5, 0.6) is 0 Å². The van der Waals surface area contributed by atoms with Crippen LogP contribution in [0.25, 0.3) is 21.1 Å². The molecule has 0 aliphatic carbocycles. The van der Waals surface area contributed by atoms with Gasteiger partial charge in [0.2, 0.25) is 0 Å². The zero-order valence-corrected chi connectivity index (χ0v) is 14.4. The molecule has 0 saturated heterocycles. The number of nitrogens with one attached hydrogen (secondary N) is 2. The maximum absolute atomic E-state index is 12.5. The number of aromatic nitrogens is 4. The lowest BCUT2D eigenvalue weighted by molar-refractivity contribution is 0.651. The number of fused-ring (bicyclic) bond motifs is 2. The molecule has 0 bridgehead atoms. The van der Waals surface area contributed by atoms with Crippen LogP contribution in [0.1, 0.15) is 30.8 Å². The zero-order chi connectivity index (χ0) is 16.7. The molecule has 3 heterocycles. The van der Waals surface area contributed by atoms with Crippen LogP contribution in [0.2, 0.25) is 0 Å². The number of rotatable bonds is 4. The largest absolute Gasteiger partial charge is 0.310 e. The third-order valence-corrected chi connectivity index (χ3v) is 5.00. The molecule has 24 heavy (non-hydrogen) atoms. The van der Waals surface area contributed by atoms with Gasteiger partial charge in [-0.3, -0.25) is 9.89 Å². The van der Waals surface area contributed by atoms with E-state index in [4.69, 9.17) is 0 Å². The van der Waals surface area contributed by atoms with E-state index in [0.29, 0.717) is 18.2 Å². The van der Waals surface area contributed by atoms with Crippen molar-refractivity contribution >= 4 is 32.5 Å². The van der Waals surface area contributed by atoms with Crippen LogP contribution in [-0.2, 0) is 12.8 Å². The Morgan fingerprint density at radius 2 is 2.17 bits per heavy atom. The number of hydrogen-bond donors (Lipinski definition) is 2. The van der Waals surface area contributed by atoms with Crippen LogP contribution in [0.4, 0.5) is 0 Å². The highest BCUT2D eigenvalue weighted by atomic mass is 32.1. The normalized spacial score (nSPS) is 11.8. The first kappa shape index (κ1) is 15.1. The summed E-state index contributed by atoms with van der Waals surface area (Å²) >= 11 is 1.55. The Bertz CT molecular complexity index is 1070. The lowest BCUT2D eigenvalue weighted by Gasteiger charge is -2.04. The fourth-order valence-electron chi connectivity index (χ4n) is 3.01. The maximum atomic E-state index is 12.5. The van der Waals surface area contributed by atoms with Gasteiger partial charge < -0.3 is 4.98 Å².